The molecule has 1 aliphatic rings. The second-order valence-corrected chi connectivity index (χ2v) is 4.75. The first-order chi connectivity index (χ1) is 9.25. The number of ketones is 1. The van der Waals surface area contributed by atoms with Crippen LogP contribution in [0.25, 0.3) is 10.8 Å². The standard InChI is InChI=1S/C15H14N2O2/c18-12-5-3-9-17(10-12)15(19)14-13-6-2-1-4-11(13)7-8-16-14/h1-2,4,6-8H,3,5,9-10H2. The van der Waals surface area contributed by atoms with Crippen LogP contribution in [0.1, 0.15) is 23.3 Å². The molecule has 2 aromatic rings. The lowest BCUT2D eigenvalue weighted by Crippen LogP contribution is -2.40. The monoisotopic (exact) mass is 254 g/mol. The molecule has 0 N–H and O–H groups in total. The second-order valence-electron chi connectivity index (χ2n) is 4.75. The van der Waals surface area contributed by atoms with Gasteiger partial charge in [0.1, 0.15) is 5.69 Å². The van der Waals surface area contributed by atoms with Crippen molar-refractivity contribution < 1.29 is 9.59 Å². The van der Waals surface area contributed by atoms with E-state index in [-0.39, 0.29) is 18.2 Å². The van der Waals surface area contributed by atoms with Crippen molar-refractivity contribution in [1.82, 2.24) is 9.88 Å². The largest absolute Gasteiger partial charge is 0.330 e. The third kappa shape index (κ3) is 2.21. The van der Waals surface area contributed by atoms with Crippen LogP contribution in [0.15, 0.2) is 36.5 Å². The van der Waals surface area contributed by atoms with Crippen molar-refractivity contribution in [2.45, 2.75) is 12.8 Å². The molecule has 0 saturated carbocycles. The number of fused-ring (bicyclic) bond motifs is 1. The molecule has 0 unspecified atom stereocenters. The summed E-state index contributed by atoms with van der Waals surface area (Å²) in [5, 5.41) is 1.83. The molecular formula is C15H14N2O2. The number of nitrogens with zero attached hydrogens (tertiary/aromatic N) is 2. The molecule has 0 bridgehead atoms. The van der Waals surface area contributed by atoms with E-state index >= 15 is 0 Å². The molecule has 3 rings (SSSR count). The minimum absolute atomic E-state index is 0.125. The van der Waals surface area contributed by atoms with Crippen LogP contribution in [-0.4, -0.2) is 34.7 Å². The SMILES string of the molecule is O=C1CCCN(C(=O)c2nccc3ccccc23)C1. The number of carbonyl (C=O) groups is 2. The number of hydrogen-bond donors (Lipinski definition) is 0. The fourth-order valence-corrected chi connectivity index (χ4v) is 2.45. The molecule has 1 aliphatic heterocycles. The number of likely N-dealkylation sites (tertiary alicyclic amines) is 1. The van der Waals surface area contributed by atoms with E-state index in [4.69, 9.17) is 0 Å². The lowest BCUT2D eigenvalue weighted by molar-refractivity contribution is -0.121. The minimum Gasteiger partial charge on any atom is -0.330 e. The molecule has 4 heteroatoms. The first-order valence-electron chi connectivity index (χ1n) is 6.40. The highest BCUT2D eigenvalue weighted by Gasteiger charge is 2.24. The summed E-state index contributed by atoms with van der Waals surface area (Å²) in [5.41, 5.74) is 0.438. The molecule has 1 saturated heterocycles. The fraction of sp³-hybridized carbons (Fsp3) is 0.267. The van der Waals surface area contributed by atoms with E-state index in [9.17, 15) is 9.59 Å². The van der Waals surface area contributed by atoms with E-state index in [0.29, 0.717) is 18.7 Å². The van der Waals surface area contributed by atoms with Crippen molar-refractivity contribution in [2.75, 3.05) is 13.1 Å². The highest BCUT2D eigenvalue weighted by atomic mass is 16.2. The topological polar surface area (TPSA) is 50.3 Å². The van der Waals surface area contributed by atoms with Crippen LogP contribution in [0.5, 0.6) is 0 Å². The molecule has 0 atom stereocenters. The average molecular weight is 254 g/mol. The molecule has 0 spiro atoms. The Kier molecular flexibility index (Phi) is 2.99. The lowest BCUT2D eigenvalue weighted by atomic mass is 10.1. The highest BCUT2D eigenvalue weighted by molar-refractivity contribution is 6.06. The summed E-state index contributed by atoms with van der Waals surface area (Å²) in [4.78, 5) is 29.7. The molecule has 1 aromatic heterocycles. The second kappa shape index (κ2) is 4.80. The molecule has 19 heavy (non-hydrogen) atoms. The molecule has 4 nitrogen and oxygen atoms in total. The van der Waals surface area contributed by atoms with E-state index in [1.165, 1.54) is 0 Å². The molecule has 1 amide bonds. The molecular weight excluding hydrogens is 240 g/mol. The quantitative estimate of drug-likeness (QED) is 0.782. The van der Waals surface area contributed by atoms with Crippen LogP contribution < -0.4 is 0 Å². The molecule has 1 aromatic carbocycles. The van der Waals surface area contributed by atoms with Crippen molar-refractivity contribution in [3.8, 4) is 0 Å². The first kappa shape index (κ1) is 11.8. The zero-order valence-corrected chi connectivity index (χ0v) is 10.5. The van der Waals surface area contributed by atoms with Gasteiger partial charge in [-0.3, -0.25) is 14.6 Å². The van der Waals surface area contributed by atoms with Crippen LogP contribution in [0, 0.1) is 0 Å². The van der Waals surface area contributed by atoms with Crippen LogP contribution in [-0.2, 0) is 4.79 Å². The van der Waals surface area contributed by atoms with Crippen molar-refractivity contribution in [1.29, 1.82) is 0 Å². The van der Waals surface area contributed by atoms with Gasteiger partial charge in [-0.25, -0.2) is 0 Å². The van der Waals surface area contributed by atoms with E-state index in [1.54, 1.807) is 11.1 Å². The van der Waals surface area contributed by atoms with Crippen LogP contribution in [0.4, 0.5) is 0 Å². The fourth-order valence-electron chi connectivity index (χ4n) is 2.45. The van der Waals surface area contributed by atoms with Gasteiger partial charge in [-0.05, 0) is 17.9 Å². The van der Waals surface area contributed by atoms with Gasteiger partial charge in [0.25, 0.3) is 5.91 Å². The third-order valence-electron chi connectivity index (χ3n) is 3.41. The summed E-state index contributed by atoms with van der Waals surface area (Å²) >= 11 is 0. The van der Waals surface area contributed by atoms with Crippen molar-refractivity contribution in [3.05, 3.63) is 42.2 Å². The zero-order chi connectivity index (χ0) is 13.2. The van der Waals surface area contributed by atoms with E-state index in [2.05, 4.69) is 4.98 Å². The number of benzene rings is 1. The van der Waals surface area contributed by atoms with Gasteiger partial charge in [-0.15, -0.1) is 0 Å². The number of Topliss-reactive ketones (excluding diaryl/α,β-unsaturated/α-hetero) is 1. The molecule has 96 valence electrons. The predicted molar refractivity (Wildman–Crippen MR) is 71.9 cm³/mol. The summed E-state index contributed by atoms with van der Waals surface area (Å²) in [5.74, 6) is -0.0234. The first-order valence-corrected chi connectivity index (χ1v) is 6.40. The van der Waals surface area contributed by atoms with Crippen LogP contribution in [0.2, 0.25) is 0 Å². The number of pyridine rings is 1. The average Bonchev–Trinajstić information content (AvgIpc) is 2.46. The summed E-state index contributed by atoms with van der Waals surface area (Å²) in [6, 6.07) is 9.55. The Bertz CT molecular complexity index is 646. The molecule has 0 aliphatic carbocycles. The Balaban J connectivity index is 1.99. The van der Waals surface area contributed by atoms with Crippen molar-refractivity contribution in [2.24, 2.45) is 0 Å². The Morgan fingerprint density at radius 2 is 2.05 bits per heavy atom. The minimum atomic E-state index is -0.148. The van der Waals surface area contributed by atoms with Gasteiger partial charge < -0.3 is 4.90 Å². The van der Waals surface area contributed by atoms with E-state index in [0.717, 1.165) is 17.2 Å². The molecule has 1 fully saturated rings. The Hall–Kier alpha value is -2.23. The Morgan fingerprint density at radius 3 is 2.89 bits per heavy atom. The van der Waals surface area contributed by atoms with Crippen LogP contribution >= 0.6 is 0 Å². The van der Waals surface area contributed by atoms with Gasteiger partial charge in [0.2, 0.25) is 0 Å². The third-order valence-corrected chi connectivity index (χ3v) is 3.41. The van der Waals surface area contributed by atoms with Gasteiger partial charge in [0.15, 0.2) is 5.78 Å². The zero-order valence-electron chi connectivity index (χ0n) is 10.5. The summed E-state index contributed by atoms with van der Waals surface area (Å²) in [6.07, 6.45) is 2.96. The maximum absolute atomic E-state index is 12.5. The smallest absolute Gasteiger partial charge is 0.273 e. The number of carbonyl (C=O) groups excluding carboxylic acids is 2. The van der Waals surface area contributed by atoms with Gasteiger partial charge in [0.05, 0.1) is 6.54 Å². The van der Waals surface area contributed by atoms with Gasteiger partial charge in [-0.2, -0.15) is 0 Å². The summed E-state index contributed by atoms with van der Waals surface area (Å²) < 4.78 is 0. The van der Waals surface area contributed by atoms with Gasteiger partial charge >= 0.3 is 0 Å². The van der Waals surface area contributed by atoms with Crippen molar-refractivity contribution >= 4 is 22.5 Å². The number of rotatable bonds is 1. The van der Waals surface area contributed by atoms with Crippen LogP contribution in [0.3, 0.4) is 0 Å². The van der Waals surface area contributed by atoms with Gasteiger partial charge in [0, 0.05) is 24.5 Å². The maximum Gasteiger partial charge on any atom is 0.273 e. The number of hydrogen-bond acceptors (Lipinski definition) is 3. The lowest BCUT2D eigenvalue weighted by Gasteiger charge is -2.25. The van der Waals surface area contributed by atoms with Gasteiger partial charge in [-0.1, -0.05) is 24.3 Å². The predicted octanol–water partition coefficient (Wildman–Crippen LogP) is 2.04. The maximum atomic E-state index is 12.5. The highest BCUT2D eigenvalue weighted by Crippen LogP contribution is 2.19. The summed E-state index contributed by atoms with van der Waals surface area (Å²) in [7, 11) is 0. The Labute approximate surface area is 111 Å². The van der Waals surface area contributed by atoms with E-state index < -0.39 is 0 Å². The van der Waals surface area contributed by atoms with Crippen molar-refractivity contribution in [3.63, 3.8) is 0 Å². The molecule has 0 radical (unpaired) electrons. The number of piperidine rings is 1. The Morgan fingerprint density at radius 1 is 1.21 bits per heavy atom. The normalized spacial score (nSPS) is 15.8. The summed E-state index contributed by atoms with van der Waals surface area (Å²) in [6.45, 7) is 0.846. The number of amides is 1. The molecule has 2 heterocycles. The van der Waals surface area contributed by atoms with E-state index in [1.807, 2.05) is 30.3 Å². The number of aromatic nitrogens is 1.